The molecule has 2 heterocycles. The van der Waals surface area contributed by atoms with E-state index in [0.29, 0.717) is 6.04 Å². The van der Waals surface area contributed by atoms with Crippen LogP contribution >= 0.6 is 0 Å². The number of nitrogens with zero attached hydrogens (tertiary/aromatic N) is 1. The number of rotatable bonds is 4. The predicted molar refractivity (Wildman–Crippen MR) is 93.5 cm³/mol. The minimum absolute atomic E-state index is 0.191. The third kappa shape index (κ3) is 3.50. The number of nitrogens with one attached hydrogen (secondary N) is 1. The maximum Gasteiger partial charge on any atom is 0.224 e. The summed E-state index contributed by atoms with van der Waals surface area (Å²) in [6, 6.07) is 11.0. The Morgan fingerprint density at radius 3 is 2.75 bits per heavy atom. The van der Waals surface area contributed by atoms with Crippen molar-refractivity contribution >= 4 is 5.91 Å². The molecule has 4 nitrogen and oxygen atoms in total. The SMILES string of the molecule is O=C(NC1CCN(Cc2ccccc2)CC1)C1CC12CCCOC2. The number of carbonyl (C=O) groups excluding carboxylic acids is 1. The van der Waals surface area contributed by atoms with Crippen molar-refractivity contribution in [3.63, 3.8) is 0 Å². The normalized spacial score (nSPS) is 31.1. The third-order valence-electron chi connectivity index (χ3n) is 6.04. The second-order valence-electron chi connectivity index (χ2n) is 7.82. The number of piperidine rings is 1. The summed E-state index contributed by atoms with van der Waals surface area (Å²) in [5.41, 5.74) is 1.56. The van der Waals surface area contributed by atoms with Crippen LogP contribution in [0.3, 0.4) is 0 Å². The van der Waals surface area contributed by atoms with Crippen molar-refractivity contribution in [3.8, 4) is 0 Å². The van der Waals surface area contributed by atoms with Crippen LogP contribution in [0.15, 0.2) is 30.3 Å². The number of benzene rings is 1. The Kier molecular flexibility index (Phi) is 4.59. The summed E-state index contributed by atoms with van der Waals surface area (Å²) in [5, 5.41) is 3.32. The molecule has 2 atom stereocenters. The number of likely N-dealkylation sites (tertiary alicyclic amines) is 1. The van der Waals surface area contributed by atoms with Gasteiger partial charge >= 0.3 is 0 Å². The molecule has 1 spiro atoms. The van der Waals surface area contributed by atoms with E-state index < -0.39 is 0 Å². The lowest BCUT2D eigenvalue weighted by molar-refractivity contribution is -0.125. The zero-order valence-corrected chi connectivity index (χ0v) is 14.4. The summed E-state index contributed by atoms with van der Waals surface area (Å²) in [7, 11) is 0. The summed E-state index contributed by atoms with van der Waals surface area (Å²) < 4.78 is 5.60. The van der Waals surface area contributed by atoms with Gasteiger partial charge in [0, 0.05) is 43.6 Å². The van der Waals surface area contributed by atoms with Crippen molar-refractivity contribution in [2.75, 3.05) is 26.3 Å². The fraction of sp³-hybridized carbons (Fsp3) is 0.650. The number of hydrogen-bond acceptors (Lipinski definition) is 3. The summed E-state index contributed by atoms with van der Waals surface area (Å²) in [6.45, 7) is 4.82. The van der Waals surface area contributed by atoms with Gasteiger partial charge in [-0.1, -0.05) is 30.3 Å². The van der Waals surface area contributed by atoms with Crippen LogP contribution in [0.1, 0.15) is 37.7 Å². The number of ether oxygens (including phenoxy) is 1. The lowest BCUT2D eigenvalue weighted by Gasteiger charge is -2.32. The van der Waals surface area contributed by atoms with Gasteiger partial charge in [-0.2, -0.15) is 0 Å². The molecule has 3 aliphatic rings. The summed E-state index contributed by atoms with van der Waals surface area (Å²) in [6.07, 6.45) is 5.44. The van der Waals surface area contributed by atoms with Crippen LogP contribution in [0.4, 0.5) is 0 Å². The van der Waals surface area contributed by atoms with Gasteiger partial charge in [0.2, 0.25) is 5.91 Å². The van der Waals surface area contributed by atoms with Gasteiger partial charge in [0.05, 0.1) is 6.61 Å². The highest BCUT2D eigenvalue weighted by molar-refractivity contribution is 5.83. The lowest BCUT2D eigenvalue weighted by atomic mass is 9.95. The molecule has 1 saturated carbocycles. The van der Waals surface area contributed by atoms with Crippen LogP contribution < -0.4 is 5.32 Å². The molecule has 3 fully saturated rings. The zero-order valence-electron chi connectivity index (χ0n) is 14.4. The molecule has 0 bridgehead atoms. The van der Waals surface area contributed by atoms with E-state index in [4.69, 9.17) is 4.74 Å². The second kappa shape index (κ2) is 6.85. The van der Waals surface area contributed by atoms with E-state index in [2.05, 4.69) is 40.5 Å². The molecule has 4 heteroatoms. The van der Waals surface area contributed by atoms with Gasteiger partial charge in [-0.15, -0.1) is 0 Å². The van der Waals surface area contributed by atoms with Crippen molar-refractivity contribution in [1.82, 2.24) is 10.2 Å². The highest BCUT2D eigenvalue weighted by Gasteiger charge is 2.58. The molecule has 2 saturated heterocycles. The molecule has 24 heavy (non-hydrogen) atoms. The molecular formula is C20H28N2O2. The molecule has 1 N–H and O–H groups in total. The largest absolute Gasteiger partial charge is 0.381 e. The minimum Gasteiger partial charge on any atom is -0.381 e. The van der Waals surface area contributed by atoms with Crippen molar-refractivity contribution in [2.24, 2.45) is 11.3 Å². The van der Waals surface area contributed by atoms with Crippen molar-refractivity contribution < 1.29 is 9.53 Å². The first-order chi connectivity index (χ1) is 11.8. The van der Waals surface area contributed by atoms with E-state index in [1.54, 1.807) is 0 Å². The van der Waals surface area contributed by atoms with E-state index >= 15 is 0 Å². The average molecular weight is 328 g/mol. The third-order valence-corrected chi connectivity index (χ3v) is 6.04. The second-order valence-corrected chi connectivity index (χ2v) is 7.82. The fourth-order valence-electron chi connectivity index (χ4n) is 4.41. The Hall–Kier alpha value is -1.39. The van der Waals surface area contributed by atoms with Gasteiger partial charge in [-0.25, -0.2) is 0 Å². The Morgan fingerprint density at radius 2 is 2.04 bits per heavy atom. The van der Waals surface area contributed by atoms with Gasteiger partial charge < -0.3 is 10.1 Å². The van der Waals surface area contributed by atoms with Gasteiger partial charge in [-0.05, 0) is 37.7 Å². The standard InChI is InChI=1S/C20H28N2O2/c23-19(18-13-20(18)9-4-12-24-15-20)21-17-7-10-22(11-8-17)14-16-5-2-1-3-6-16/h1-3,5-6,17-18H,4,7-15H2,(H,21,23). The topological polar surface area (TPSA) is 41.6 Å². The smallest absolute Gasteiger partial charge is 0.224 e. The van der Waals surface area contributed by atoms with Gasteiger partial charge in [-0.3, -0.25) is 9.69 Å². The van der Waals surface area contributed by atoms with Crippen LogP contribution in [0.2, 0.25) is 0 Å². The highest BCUT2D eigenvalue weighted by atomic mass is 16.5. The number of hydrogen-bond donors (Lipinski definition) is 1. The quantitative estimate of drug-likeness (QED) is 0.924. The van der Waals surface area contributed by atoms with E-state index in [1.165, 1.54) is 12.0 Å². The molecule has 1 amide bonds. The summed E-state index contributed by atoms with van der Waals surface area (Å²) in [5.74, 6) is 0.488. The molecule has 1 aromatic rings. The van der Waals surface area contributed by atoms with Crippen molar-refractivity contribution in [3.05, 3.63) is 35.9 Å². The molecule has 130 valence electrons. The van der Waals surface area contributed by atoms with E-state index in [9.17, 15) is 4.79 Å². The molecule has 2 aliphatic heterocycles. The molecule has 1 aromatic carbocycles. The van der Waals surface area contributed by atoms with Crippen molar-refractivity contribution in [2.45, 2.75) is 44.7 Å². The summed E-state index contributed by atoms with van der Waals surface area (Å²) in [4.78, 5) is 15.0. The highest BCUT2D eigenvalue weighted by Crippen LogP contribution is 2.57. The number of carbonyl (C=O) groups is 1. The molecule has 0 radical (unpaired) electrons. The molecular weight excluding hydrogens is 300 g/mol. The van der Waals surface area contributed by atoms with Gasteiger partial charge in [0.25, 0.3) is 0 Å². The van der Waals surface area contributed by atoms with Crippen molar-refractivity contribution in [1.29, 1.82) is 0 Å². The molecule has 4 rings (SSSR count). The van der Waals surface area contributed by atoms with Crippen LogP contribution in [0.5, 0.6) is 0 Å². The monoisotopic (exact) mass is 328 g/mol. The Morgan fingerprint density at radius 1 is 1.25 bits per heavy atom. The fourth-order valence-corrected chi connectivity index (χ4v) is 4.41. The van der Waals surface area contributed by atoms with E-state index in [-0.39, 0.29) is 17.2 Å². The molecule has 0 aromatic heterocycles. The first kappa shape index (κ1) is 16.1. The van der Waals surface area contributed by atoms with Gasteiger partial charge in [0.1, 0.15) is 0 Å². The Balaban J connectivity index is 1.21. The minimum atomic E-state index is 0.191. The number of amides is 1. The average Bonchev–Trinajstić information content (AvgIpc) is 3.31. The lowest BCUT2D eigenvalue weighted by Crippen LogP contribution is -2.45. The Labute approximate surface area is 144 Å². The maximum absolute atomic E-state index is 12.5. The van der Waals surface area contributed by atoms with Crippen LogP contribution in [-0.2, 0) is 16.1 Å². The molecule has 2 unspecified atom stereocenters. The van der Waals surface area contributed by atoms with Gasteiger partial charge in [0.15, 0.2) is 0 Å². The zero-order chi connectivity index (χ0) is 16.4. The first-order valence-corrected chi connectivity index (χ1v) is 9.40. The molecule has 1 aliphatic carbocycles. The van der Waals surface area contributed by atoms with Crippen LogP contribution in [-0.4, -0.2) is 43.2 Å². The predicted octanol–water partition coefficient (Wildman–Crippen LogP) is 2.58. The van der Waals surface area contributed by atoms with E-state index in [1.807, 2.05) is 0 Å². The Bertz CT molecular complexity index is 560. The van der Waals surface area contributed by atoms with Crippen LogP contribution in [0, 0.1) is 11.3 Å². The summed E-state index contributed by atoms with van der Waals surface area (Å²) >= 11 is 0. The van der Waals surface area contributed by atoms with E-state index in [0.717, 1.165) is 58.5 Å². The maximum atomic E-state index is 12.5. The first-order valence-electron chi connectivity index (χ1n) is 9.40. The van der Waals surface area contributed by atoms with Crippen LogP contribution in [0.25, 0.3) is 0 Å².